The second kappa shape index (κ2) is 3.86. The first-order valence-corrected chi connectivity index (χ1v) is 5.93. The summed E-state index contributed by atoms with van der Waals surface area (Å²) in [5.74, 6) is 0. The van der Waals surface area contributed by atoms with E-state index in [1.807, 2.05) is 0 Å². The highest BCUT2D eigenvalue weighted by molar-refractivity contribution is 7.92. The van der Waals surface area contributed by atoms with Crippen molar-refractivity contribution in [1.29, 1.82) is 0 Å². The average Bonchev–Trinajstić information content (AvgIpc) is 2.70. The van der Waals surface area contributed by atoms with Crippen LogP contribution in [0.5, 0.6) is 0 Å². The summed E-state index contributed by atoms with van der Waals surface area (Å²) in [7, 11) is -3.57. The van der Waals surface area contributed by atoms with Crippen molar-refractivity contribution in [3.05, 3.63) is 36.7 Å². The molecule has 0 radical (unpaired) electrons. The molecule has 6 nitrogen and oxygen atoms in total. The van der Waals surface area contributed by atoms with Crippen LogP contribution in [-0.2, 0) is 10.0 Å². The van der Waals surface area contributed by atoms with Crippen LogP contribution in [0.3, 0.4) is 0 Å². The van der Waals surface area contributed by atoms with Crippen molar-refractivity contribution in [3.8, 4) is 0 Å². The van der Waals surface area contributed by atoms with Gasteiger partial charge in [-0.25, -0.2) is 8.42 Å². The Kier molecular flexibility index (Phi) is 2.53. The van der Waals surface area contributed by atoms with E-state index in [2.05, 4.69) is 14.9 Å². The number of H-pyrrole nitrogens is 1. The lowest BCUT2D eigenvalue weighted by Crippen LogP contribution is -2.12. The van der Waals surface area contributed by atoms with Crippen molar-refractivity contribution in [2.45, 2.75) is 4.90 Å². The quantitative estimate of drug-likeness (QED) is 0.688. The molecule has 0 aliphatic heterocycles. The summed E-state index contributed by atoms with van der Waals surface area (Å²) in [5.41, 5.74) is 6.38. The van der Waals surface area contributed by atoms with Gasteiger partial charge in [-0.15, -0.1) is 0 Å². The number of hydrogen-bond donors (Lipinski definition) is 3. The molecule has 0 fully saturated rings. The number of anilines is 2. The molecule has 7 heteroatoms. The van der Waals surface area contributed by atoms with Gasteiger partial charge in [0.05, 0.1) is 16.8 Å². The Morgan fingerprint density at radius 2 is 1.94 bits per heavy atom. The van der Waals surface area contributed by atoms with E-state index >= 15 is 0 Å². The Balaban J connectivity index is 2.29. The first kappa shape index (κ1) is 10.5. The van der Waals surface area contributed by atoms with Gasteiger partial charge in [0.1, 0.15) is 0 Å². The summed E-state index contributed by atoms with van der Waals surface area (Å²) in [6.07, 6.45) is 2.84. The first-order chi connectivity index (χ1) is 7.58. The molecule has 0 aliphatic rings. The van der Waals surface area contributed by atoms with Crippen LogP contribution >= 0.6 is 0 Å². The van der Waals surface area contributed by atoms with Gasteiger partial charge in [-0.2, -0.15) is 5.10 Å². The van der Waals surface area contributed by atoms with Crippen molar-refractivity contribution in [2.24, 2.45) is 0 Å². The lowest BCUT2D eigenvalue weighted by Gasteiger charge is -2.05. The van der Waals surface area contributed by atoms with Crippen LogP contribution in [0.4, 0.5) is 11.4 Å². The number of aromatic nitrogens is 2. The van der Waals surface area contributed by atoms with E-state index in [1.165, 1.54) is 36.7 Å². The van der Waals surface area contributed by atoms with Crippen LogP contribution in [-0.4, -0.2) is 18.6 Å². The molecular formula is C9H10N4O2S. The molecule has 1 heterocycles. The van der Waals surface area contributed by atoms with Crippen LogP contribution < -0.4 is 10.5 Å². The molecular weight excluding hydrogens is 228 g/mol. The molecule has 1 aromatic carbocycles. The van der Waals surface area contributed by atoms with Crippen molar-refractivity contribution in [2.75, 3.05) is 10.5 Å². The van der Waals surface area contributed by atoms with E-state index in [4.69, 9.17) is 5.73 Å². The highest BCUT2D eigenvalue weighted by Gasteiger charge is 2.13. The van der Waals surface area contributed by atoms with Crippen LogP contribution in [0.25, 0.3) is 0 Å². The Morgan fingerprint density at radius 3 is 2.50 bits per heavy atom. The molecule has 0 spiro atoms. The lowest BCUT2D eigenvalue weighted by atomic mass is 10.3. The zero-order valence-electron chi connectivity index (χ0n) is 8.21. The smallest absolute Gasteiger partial charge is 0.261 e. The predicted octanol–water partition coefficient (Wildman–Crippen LogP) is 0.793. The van der Waals surface area contributed by atoms with Gasteiger partial charge < -0.3 is 5.73 Å². The van der Waals surface area contributed by atoms with Crippen molar-refractivity contribution in [3.63, 3.8) is 0 Å². The van der Waals surface area contributed by atoms with E-state index in [0.29, 0.717) is 11.4 Å². The monoisotopic (exact) mass is 238 g/mol. The third kappa shape index (κ3) is 2.14. The zero-order chi connectivity index (χ0) is 11.6. The Labute approximate surface area is 92.5 Å². The molecule has 0 aliphatic carbocycles. The number of nitrogen functional groups attached to an aromatic ring is 1. The number of sulfonamides is 1. The summed E-state index contributed by atoms with van der Waals surface area (Å²) in [4.78, 5) is 0.155. The maximum atomic E-state index is 11.8. The topological polar surface area (TPSA) is 101 Å². The largest absolute Gasteiger partial charge is 0.399 e. The summed E-state index contributed by atoms with van der Waals surface area (Å²) >= 11 is 0. The van der Waals surface area contributed by atoms with E-state index in [1.54, 1.807) is 0 Å². The maximum Gasteiger partial charge on any atom is 0.261 e. The minimum Gasteiger partial charge on any atom is -0.399 e. The number of nitrogens with zero attached hydrogens (tertiary/aromatic N) is 1. The fourth-order valence-electron chi connectivity index (χ4n) is 1.17. The standard InChI is InChI=1S/C9H10N4O2S/c10-7-1-3-9(4-2-7)16(14,15)13-8-5-11-12-6-8/h1-6,13H,10H2,(H,11,12). The van der Waals surface area contributed by atoms with E-state index in [9.17, 15) is 8.42 Å². The number of nitrogens with one attached hydrogen (secondary N) is 2. The molecule has 2 rings (SSSR count). The Hall–Kier alpha value is -2.02. The number of nitrogens with two attached hydrogens (primary N) is 1. The fourth-order valence-corrected chi connectivity index (χ4v) is 2.20. The second-order valence-corrected chi connectivity index (χ2v) is 4.84. The van der Waals surface area contributed by atoms with Crippen molar-refractivity contribution < 1.29 is 8.42 Å². The Morgan fingerprint density at radius 1 is 1.25 bits per heavy atom. The molecule has 2 aromatic rings. The molecule has 0 amide bonds. The van der Waals surface area contributed by atoms with Crippen molar-refractivity contribution >= 4 is 21.4 Å². The zero-order valence-corrected chi connectivity index (χ0v) is 9.03. The summed E-state index contributed by atoms with van der Waals surface area (Å²) in [6, 6.07) is 5.95. The summed E-state index contributed by atoms with van der Waals surface area (Å²) in [6.45, 7) is 0. The number of rotatable bonds is 3. The average molecular weight is 238 g/mol. The Bertz CT molecular complexity index is 560. The van der Waals surface area contributed by atoms with Crippen LogP contribution in [0.2, 0.25) is 0 Å². The van der Waals surface area contributed by atoms with Gasteiger partial charge >= 0.3 is 0 Å². The minimum absolute atomic E-state index is 0.155. The first-order valence-electron chi connectivity index (χ1n) is 4.45. The minimum atomic E-state index is -3.57. The number of benzene rings is 1. The lowest BCUT2D eigenvalue weighted by molar-refractivity contribution is 0.601. The number of aromatic amines is 1. The summed E-state index contributed by atoms with van der Waals surface area (Å²) < 4.78 is 26.0. The molecule has 4 N–H and O–H groups in total. The second-order valence-electron chi connectivity index (χ2n) is 3.16. The van der Waals surface area contributed by atoms with Gasteiger partial charge in [0.15, 0.2) is 0 Å². The van der Waals surface area contributed by atoms with Gasteiger partial charge in [-0.05, 0) is 24.3 Å². The molecule has 1 aromatic heterocycles. The van der Waals surface area contributed by atoms with Gasteiger partial charge in [-0.1, -0.05) is 0 Å². The SMILES string of the molecule is Nc1ccc(S(=O)(=O)Nc2cn[nH]c2)cc1. The molecule has 0 unspecified atom stereocenters. The third-order valence-corrected chi connectivity index (χ3v) is 3.34. The van der Waals surface area contributed by atoms with Gasteiger partial charge in [0.25, 0.3) is 10.0 Å². The van der Waals surface area contributed by atoms with E-state index in [0.717, 1.165) is 0 Å². The van der Waals surface area contributed by atoms with Gasteiger partial charge in [0.2, 0.25) is 0 Å². The van der Waals surface area contributed by atoms with Crippen LogP contribution in [0, 0.1) is 0 Å². The van der Waals surface area contributed by atoms with Crippen LogP contribution in [0.15, 0.2) is 41.6 Å². The molecule has 84 valence electrons. The normalized spacial score (nSPS) is 11.2. The molecule has 0 atom stereocenters. The fraction of sp³-hybridized carbons (Fsp3) is 0. The molecule has 0 bridgehead atoms. The number of hydrogen-bond acceptors (Lipinski definition) is 4. The van der Waals surface area contributed by atoms with Gasteiger partial charge in [0, 0.05) is 11.9 Å². The predicted molar refractivity (Wildman–Crippen MR) is 60.3 cm³/mol. The molecule has 0 saturated heterocycles. The summed E-state index contributed by atoms with van der Waals surface area (Å²) in [5, 5.41) is 6.16. The highest BCUT2D eigenvalue weighted by atomic mass is 32.2. The van der Waals surface area contributed by atoms with Crippen LogP contribution in [0.1, 0.15) is 0 Å². The highest BCUT2D eigenvalue weighted by Crippen LogP contribution is 2.15. The van der Waals surface area contributed by atoms with Crippen molar-refractivity contribution in [1.82, 2.24) is 10.2 Å². The third-order valence-electron chi connectivity index (χ3n) is 1.94. The molecule has 0 saturated carbocycles. The maximum absolute atomic E-state index is 11.8. The van der Waals surface area contributed by atoms with E-state index < -0.39 is 10.0 Å². The van der Waals surface area contributed by atoms with E-state index in [-0.39, 0.29) is 4.90 Å². The van der Waals surface area contributed by atoms with Gasteiger partial charge in [-0.3, -0.25) is 9.82 Å². The molecule has 16 heavy (non-hydrogen) atoms.